The van der Waals surface area contributed by atoms with Gasteiger partial charge in [0.15, 0.2) is 6.61 Å². The highest BCUT2D eigenvalue weighted by Crippen LogP contribution is 2.26. The van der Waals surface area contributed by atoms with E-state index in [1.807, 2.05) is 45.9 Å². The smallest absolute Gasteiger partial charge is 0.258 e. The summed E-state index contributed by atoms with van der Waals surface area (Å²) in [6.07, 6.45) is 0.889. The van der Waals surface area contributed by atoms with Crippen LogP contribution in [0.5, 0.6) is 5.75 Å². The summed E-state index contributed by atoms with van der Waals surface area (Å²) in [6, 6.07) is 7.26. The minimum absolute atomic E-state index is 0.0448. The predicted octanol–water partition coefficient (Wildman–Crippen LogP) is 2.81. The lowest BCUT2D eigenvalue weighted by Crippen LogP contribution is -2.44. The van der Waals surface area contributed by atoms with Crippen LogP contribution in [0.25, 0.3) is 0 Å². The Labute approximate surface area is 121 Å². The second kappa shape index (κ2) is 7.29. The van der Waals surface area contributed by atoms with E-state index in [9.17, 15) is 9.90 Å². The molecule has 2 N–H and O–H groups in total. The van der Waals surface area contributed by atoms with E-state index in [1.54, 1.807) is 6.07 Å². The van der Waals surface area contributed by atoms with Gasteiger partial charge in [-0.25, -0.2) is 0 Å². The van der Waals surface area contributed by atoms with E-state index in [0.29, 0.717) is 12.2 Å². The minimum Gasteiger partial charge on any atom is -0.483 e. The van der Waals surface area contributed by atoms with Crippen molar-refractivity contribution in [3.8, 4) is 5.75 Å². The number of carbonyl (C=O) groups is 1. The average molecular weight is 279 g/mol. The maximum Gasteiger partial charge on any atom is 0.258 e. The largest absolute Gasteiger partial charge is 0.483 e. The molecule has 1 amide bonds. The molecule has 0 aromatic heterocycles. The number of nitrogens with one attached hydrogen (secondary N) is 1. The molecule has 1 atom stereocenters. The third kappa shape index (κ3) is 4.85. The number of para-hydroxylation sites is 1. The SMILES string of the molecule is CC[C@@H](O)c1ccccc1OCC(=O)NC(C)(C)CC. The first-order chi connectivity index (χ1) is 9.39. The normalized spacial score (nSPS) is 12.8. The number of amides is 1. The van der Waals surface area contributed by atoms with Gasteiger partial charge in [-0.2, -0.15) is 0 Å². The highest BCUT2D eigenvalue weighted by Gasteiger charge is 2.18. The van der Waals surface area contributed by atoms with Crippen molar-refractivity contribution in [2.24, 2.45) is 0 Å². The van der Waals surface area contributed by atoms with Gasteiger partial charge in [-0.05, 0) is 32.8 Å². The maximum absolute atomic E-state index is 11.8. The van der Waals surface area contributed by atoms with Crippen LogP contribution in [0.4, 0.5) is 0 Å². The van der Waals surface area contributed by atoms with Gasteiger partial charge in [0.05, 0.1) is 6.10 Å². The highest BCUT2D eigenvalue weighted by molar-refractivity contribution is 5.78. The van der Waals surface area contributed by atoms with Crippen LogP contribution >= 0.6 is 0 Å². The summed E-state index contributed by atoms with van der Waals surface area (Å²) < 4.78 is 5.54. The number of hydrogen-bond donors (Lipinski definition) is 2. The molecule has 0 saturated heterocycles. The fourth-order valence-corrected chi connectivity index (χ4v) is 1.75. The van der Waals surface area contributed by atoms with Crippen molar-refractivity contribution >= 4 is 5.91 Å². The third-order valence-corrected chi connectivity index (χ3v) is 3.39. The molecule has 0 aliphatic heterocycles. The Morgan fingerprint density at radius 1 is 1.35 bits per heavy atom. The van der Waals surface area contributed by atoms with E-state index in [0.717, 1.165) is 12.0 Å². The Balaban J connectivity index is 2.64. The van der Waals surface area contributed by atoms with Crippen molar-refractivity contribution in [1.82, 2.24) is 5.32 Å². The molecule has 0 fully saturated rings. The molecule has 0 aliphatic rings. The molecule has 0 heterocycles. The van der Waals surface area contributed by atoms with Gasteiger partial charge in [-0.1, -0.05) is 32.0 Å². The monoisotopic (exact) mass is 279 g/mol. The second-order valence-corrected chi connectivity index (χ2v) is 5.54. The molecule has 0 aliphatic carbocycles. The van der Waals surface area contributed by atoms with Crippen molar-refractivity contribution in [3.05, 3.63) is 29.8 Å². The van der Waals surface area contributed by atoms with E-state index in [1.165, 1.54) is 0 Å². The Hall–Kier alpha value is -1.55. The lowest BCUT2D eigenvalue weighted by atomic mass is 10.0. The molecule has 4 heteroatoms. The Morgan fingerprint density at radius 3 is 2.60 bits per heavy atom. The zero-order valence-corrected chi connectivity index (χ0v) is 12.8. The average Bonchev–Trinajstić information content (AvgIpc) is 2.44. The van der Waals surface area contributed by atoms with Gasteiger partial charge in [0.1, 0.15) is 5.75 Å². The van der Waals surface area contributed by atoms with E-state index in [-0.39, 0.29) is 18.1 Å². The first-order valence-electron chi connectivity index (χ1n) is 7.10. The molecule has 1 aromatic rings. The van der Waals surface area contributed by atoms with E-state index >= 15 is 0 Å². The quantitative estimate of drug-likeness (QED) is 0.807. The summed E-state index contributed by atoms with van der Waals surface area (Å²) in [5.41, 5.74) is 0.487. The molecule has 0 radical (unpaired) electrons. The summed E-state index contributed by atoms with van der Waals surface area (Å²) in [7, 11) is 0. The van der Waals surface area contributed by atoms with E-state index < -0.39 is 6.10 Å². The molecule has 1 aromatic carbocycles. The molecule has 0 spiro atoms. The van der Waals surface area contributed by atoms with Gasteiger partial charge < -0.3 is 15.2 Å². The topological polar surface area (TPSA) is 58.6 Å². The van der Waals surface area contributed by atoms with Gasteiger partial charge >= 0.3 is 0 Å². The fourth-order valence-electron chi connectivity index (χ4n) is 1.75. The molecular weight excluding hydrogens is 254 g/mol. The summed E-state index contributed by atoms with van der Waals surface area (Å²) in [4.78, 5) is 11.8. The van der Waals surface area contributed by atoms with Crippen LogP contribution in [0.1, 0.15) is 52.2 Å². The molecule has 1 rings (SSSR count). The van der Waals surface area contributed by atoms with E-state index in [2.05, 4.69) is 5.32 Å². The van der Waals surface area contributed by atoms with Crippen LogP contribution in [0.15, 0.2) is 24.3 Å². The summed E-state index contributed by atoms with van der Waals surface area (Å²) in [5, 5.41) is 12.8. The molecular formula is C16H25NO3. The number of aliphatic hydroxyl groups excluding tert-OH is 1. The van der Waals surface area contributed by atoms with Crippen molar-refractivity contribution in [2.75, 3.05) is 6.61 Å². The zero-order valence-electron chi connectivity index (χ0n) is 12.8. The molecule has 0 bridgehead atoms. The lowest BCUT2D eigenvalue weighted by Gasteiger charge is -2.24. The Morgan fingerprint density at radius 2 is 2.00 bits per heavy atom. The molecule has 0 saturated carbocycles. The van der Waals surface area contributed by atoms with Crippen molar-refractivity contribution in [1.29, 1.82) is 0 Å². The van der Waals surface area contributed by atoms with Gasteiger partial charge in [0, 0.05) is 11.1 Å². The minimum atomic E-state index is -0.568. The van der Waals surface area contributed by atoms with Crippen LogP contribution in [0, 0.1) is 0 Å². The standard InChI is InChI=1S/C16H25NO3/c1-5-13(18)12-9-7-8-10-14(12)20-11-15(19)17-16(3,4)6-2/h7-10,13,18H,5-6,11H2,1-4H3,(H,17,19)/t13-/m1/s1. The first kappa shape index (κ1) is 16.5. The third-order valence-electron chi connectivity index (χ3n) is 3.39. The van der Waals surface area contributed by atoms with Crippen LogP contribution in [0.3, 0.4) is 0 Å². The zero-order chi connectivity index (χ0) is 15.2. The number of carbonyl (C=O) groups excluding carboxylic acids is 1. The van der Waals surface area contributed by atoms with Gasteiger partial charge in [0.25, 0.3) is 5.91 Å². The molecule has 0 unspecified atom stereocenters. The van der Waals surface area contributed by atoms with Gasteiger partial charge in [-0.15, -0.1) is 0 Å². The Kier molecular flexibility index (Phi) is 6.02. The van der Waals surface area contributed by atoms with Crippen LogP contribution in [-0.4, -0.2) is 23.2 Å². The van der Waals surface area contributed by atoms with Crippen molar-refractivity contribution < 1.29 is 14.6 Å². The highest BCUT2D eigenvalue weighted by atomic mass is 16.5. The summed E-state index contributed by atoms with van der Waals surface area (Å²) in [5.74, 6) is 0.406. The fraction of sp³-hybridized carbons (Fsp3) is 0.562. The van der Waals surface area contributed by atoms with Crippen molar-refractivity contribution in [2.45, 2.75) is 52.2 Å². The maximum atomic E-state index is 11.8. The van der Waals surface area contributed by atoms with Gasteiger partial charge in [0.2, 0.25) is 0 Å². The number of aliphatic hydroxyl groups is 1. The van der Waals surface area contributed by atoms with Crippen LogP contribution < -0.4 is 10.1 Å². The first-order valence-corrected chi connectivity index (χ1v) is 7.10. The summed E-state index contributed by atoms with van der Waals surface area (Å²) in [6.45, 7) is 7.82. The second-order valence-electron chi connectivity index (χ2n) is 5.54. The van der Waals surface area contributed by atoms with Crippen LogP contribution in [0.2, 0.25) is 0 Å². The molecule has 112 valence electrons. The van der Waals surface area contributed by atoms with Crippen LogP contribution in [-0.2, 0) is 4.79 Å². The number of rotatable bonds is 7. The Bertz CT molecular complexity index is 443. The van der Waals surface area contributed by atoms with E-state index in [4.69, 9.17) is 4.74 Å². The number of benzene rings is 1. The summed E-state index contributed by atoms with van der Waals surface area (Å²) >= 11 is 0. The predicted molar refractivity (Wildman–Crippen MR) is 79.7 cm³/mol. The molecule has 20 heavy (non-hydrogen) atoms. The molecule has 4 nitrogen and oxygen atoms in total. The number of hydrogen-bond acceptors (Lipinski definition) is 3. The van der Waals surface area contributed by atoms with Crippen molar-refractivity contribution in [3.63, 3.8) is 0 Å². The van der Waals surface area contributed by atoms with Gasteiger partial charge in [-0.3, -0.25) is 4.79 Å². The lowest BCUT2D eigenvalue weighted by molar-refractivity contribution is -0.124. The number of ether oxygens (including phenoxy) is 1.